The van der Waals surface area contributed by atoms with Gasteiger partial charge < -0.3 is 24.4 Å². The predicted molar refractivity (Wildman–Crippen MR) is 123 cm³/mol. The molecule has 2 unspecified atom stereocenters. The van der Waals surface area contributed by atoms with Crippen molar-refractivity contribution in [3.05, 3.63) is 54.1 Å². The quantitative estimate of drug-likeness (QED) is 0.534. The molecule has 0 aliphatic carbocycles. The summed E-state index contributed by atoms with van der Waals surface area (Å²) in [6.07, 6.45) is 2.08. The van der Waals surface area contributed by atoms with Gasteiger partial charge in [-0.2, -0.15) is 0 Å². The van der Waals surface area contributed by atoms with Crippen molar-refractivity contribution >= 4 is 17.5 Å². The van der Waals surface area contributed by atoms with Crippen LogP contribution < -0.4 is 14.8 Å². The van der Waals surface area contributed by atoms with Crippen LogP contribution in [0.15, 0.2) is 48.5 Å². The summed E-state index contributed by atoms with van der Waals surface area (Å²) in [5, 5.41) is 2.98. The van der Waals surface area contributed by atoms with Gasteiger partial charge in [0.15, 0.2) is 0 Å². The molecule has 0 saturated carbocycles. The molecule has 1 fully saturated rings. The number of likely N-dealkylation sites (tertiary alicyclic amines) is 1. The molecule has 1 aliphatic rings. The van der Waals surface area contributed by atoms with Crippen molar-refractivity contribution in [1.82, 2.24) is 4.90 Å². The first-order valence-electron chi connectivity index (χ1n) is 11.0. The fourth-order valence-corrected chi connectivity index (χ4v) is 3.94. The Morgan fingerprint density at radius 2 is 1.72 bits per heavy atom. The lowest BCUT2D eigenvalue weighted by Crippen LogP contribution is -2.33. The lowest BCUT2D eigenvalue weighted by molar-refractivity contribution is -0.129. The highest BCUT2D eigenvalue weighted by molar-refractivity contribution is 5.98. The van der Waals surface area contributed by atoms with Crippen LogP contribution in [0.1, 0.15) is 37.8 Å². The van der Waals surface area contributed by atoms with Gasteiger partial charge in [-0.1, -0.05) is 25.5 Å². The largest absolute Gasteiger partial charge is 0.497 e. The zero-order valence-electron chi connectivity index (χ0n) is 19.0. The summed E-state index contributed by atoms with van der Waals surface area (Å²) in [5.41, 5.74) is 1.61. The van der Waals surface area contributed by atoms with E-state index in [2.05, 4.69) is 12.2 Å². The van der Waals surface area contributed by atoms with Crippen LogP contribution in [-0.2, 0) is 14.3 Å². The maximum Gasteiger partial charge on any atom is 0.230 e. The molecule has 2 atom stereocenters. The zero-order valence-corrected chi connectivity index (χ0v) is 19.0. The zero-order chi connectivity index (χ0) is 22.9. The summed E-state index contributed by atoms with van der Waals surface area (Å²) >= 11 is 0. The number of unbranched alkanes of at least 4 members (excludes halogenated alkanes) is 1. The van der Waals surface area contributed by atoms with Crippen molar-refractivity contribution in [2.75, 3.05) is 39.3 Å². The van der Waals surface area contributed by atoms with E-state index >= 15 is 0 Å². The molecule has 1 aliphatic heterocycles. The average Bonchev–Trinajstić information content (AvgIpc) is 3.15. The van der Waals surface area contributed by atoms with E-state index in [1.807, 2.05) is 29.2 Å². The van der Waals surface area contributed by atoms with E-state index in [0.29, 0.717) is 31.2 Å². The molecule has 3 rings (SSSR count). The number of rotatable bonds is 11. The number of anilines is 1. The van der Waals surface area contributed by atoms with E-state index in [4.69, 9.17) is 14.2 Å². The van der Waals surface area contributed by atoms with Crippen LogP contribution in [0, 0.1) is 5.92 Å². The molecule has 32 heavy (non-hydrogen) atoms. The molecule has 7 heteroatoms. The van der Waals surface area contributed by atoms with Crippen molar-refractivity contribution < 1.29 is 23.8 Å². The first-order valence-corrected chi connectivity index (χ1v) is 11.0. The summed E-state index contributed by atoms with van der Waals surface area (Å²) in [6, 6.07) is 14.5. The van der Waals surface area contributed by atoms with Crippen molar-refractivity contribution in [2.45, 2.75) is 32.2 Å². The Morgan fingerprint density at radius 3 is 2.34 bits per heavy atom. The fourth-order valence-electron chi connectivity index (χ4n) is 3.94. The number of benzene rings is 2. The summed E-state index contributed by atoms with van der Waals surface area (Å²) in [4.78, 5) is 27.9. The van der Waals surface area contributed by atoms with Crippen molar-refractivity contribution in [2.24, 2.45) is 5.92 Å². The smallest absolute Gasteiger partial charge is 0.230 e. The summed E-state index contributed by atoms with van der Waals surface area (Å²) in [7, 11) is 3.24. The second-order valence-electron chi connectivity index (χ2n) is 7.82. The third kappa shape index (κ3) is 5.79. The van der Waals surface area contributed by atoms with Crippen LogP contribution in [0.5, 0.6) is 11.5 Å². The third-order valence-corrected chi connectivity index (χ3v) is 5.66. The molecule has 1 saturated heterocycles. The maximum atomic E-state index is 13.2. The molecule has 2 aromatic carbocycles. The minimum Gasteiger partial charge on any atom is -0.497 e. The summed E-state index contributed by atoms with van der Waals surface area (Å²) < 4.78 is 15.8. The molecule has 1 heterocycles. The Morgan fingerprint density at radius 1 is 1.03 bits per heavy atom. The lowest BCUT2D eigenvalue weighted by Gasteiger charge is -2.28. The number of hydrogen-bond donors (Lipinski definition) is 1. The van der Waals surface area contributed by atoms with Crippen molar-refractivity contribution in [1.29, 1.82) is 0 Å². The van der Waals surface area contributed by atoms with E-state index in [9.17, 15) is 9.59 Å². The maximum absolute atomic E-state index is 13.2. The van der Waals surface area contributed by atoms with E-state index in [1.165, 1.54) is 0 Å². The SMILES string of the molecule is CCCCN1C(=O)CC(C(=O)Nc2ccc(OCCOC)cc2)C1c1ccc(OC)cc1. The van der Waals surface area contributed by atoms with Gasteiger partial charge >= 0.3 is 0 Å². The van der Waals surface area contributed by atoms with Gasteiger partial charge in [-0.05, 0) is 48.4 Å². The molecule has 1 N–H and O–H groups in total. The van der Waals surface area contributed by atoms with Crippen molar-refractivity contribution in [3.63, 3.8) is 0 Å². The first-order chi connectivity index (χ1) is 15.6. The number of amides is 2. The minimum absolute atomic E-state index is 0.0151. The summed E-state index contributed by atoms with van der Waals surface area (Å²) in [6.45, 7) is 3.71. The number of hydrogen-bond acceptors (Lipinski definition) is 5. The van der Waals surface area contributed by atoms with Gasteiger partial charge in [-0.15, -0.1) is 0 Å². The number of nitrogens with zero attached hydrogens (tertiary/aromatic N) is 1. The van der Waals surface area contributed by atoms with Crippen molar-refractivity contribution in [3.8, 4) is 11.5 Å². The van der Waals surface area contributed by atoms with Crippen LogP contribution in [0.25, 0.3) is 0 Å². The number of nitrogens with one attached hydrogen (secondary N) is 1. The highest BCUT2D eigenvalue weighted by atomic mass is 16.5. The van der Waals surface area contributed by atoms with Gasteiger partial charge in [-0.25, -0.2) is 0 Å². The fraction of sp³-hybridized carbons (Fsp3) is 0.440. The topological polar surface area (TPSA) is 77.1 Å². The standard InChI is InChI=1S/C25H32N2O5/c1-4-5-14-27-23(28)17-22(24(27)18-6-10-20(31-3)11-7-18)25(29)26-19-8-12-21(13-9-19)32-16-15-30-2/h6-13,22,24H,4-5,14-17H2,1-3H3,(H,26,29). The van der Waals surface area contributed by atoms with Gasteiger partial charge in [0.1, 0.15) is 18.1 Å². The lowest BCUT2D eigenvalue weighted by atomic mass is 9.92. The highest BCUT2D eigenvalue weighted by Crippen LogP contribution is 2.39. The molecule has 2 amide bonds. The van der Waals surface area contributed by atoms with Gasteiger partial charge in [0.2, 0.25) is 11.8 Å². The normalized spacial score (nSPS) is 18.0. The molecule has 2 aromatic rings. The van der Waals surface area contributed by atoms with Gasteiger partial charge in [0.25, 0.3) is 0 Å². The monoisotopic (exact) mass is 440 g/mol. The van der Waals surface area contributed by atoms with E-state index in [0.717, 1.165) is 24.2 Å². The molecule has 0 bridgehead atoms. The number of methoxy groups -OCH3 is 2. The average molecular weight is 441 g/mol. The Hall–Kier alpha value is -3.06. The van der Waals surface area contributed by atoms with Gasteiger partial charge in [0, 0.05) is 25.8 Å². The van der Waals surface area contributed by atoms with Gasteiger partial charge in [-0.3, -0.25) is 9.59 Å². The molecule has 0 aromatic heterocycles. The Balaban J connectivity index is 1.75. The van der Waals surface area contributed by atoms with E-state index < -0.39 is 5.92 Å². The van der Waals surface area contributed by atoms with Crippen LogP contribution in [-0.4, -0.2) is 50.7 Å². The van der Waals surface area contributed by atoms with Crippen LogP contribution in [0.3, 0.4) is 0 Å². The van der Waals surface area contributed by atoms with E-state index in [-0.39, 0.29) is 24.3 Å². The Labute approximate surface area is 189 Å². The highest BCUT2D eigenvalue weighted by Gasteiger charge is 2.44. The molecule has 0 radical (unpaired) electrons. The molecular weight excluding hydrogens is 408 g/mol. The second kappa shape index (κ2) is 11.5. The molecular formula is C25H32N2O5. The van der Waals surface area contributed by atoms with Crippen LogP contribution in [0.2, 0.25) is 0 Å². The third-order valence-electron chi connectivity index (χ3n) is 5.66. The second-order valence-corrected chi connectivity index (χ2v) is 7.82. The molecule has 7 nitrogen and oxygen atoms in total. The summed E-state index contributed by atoms with van der Waals surface area (Å²) in [5.74, 6) is 0.836. The van der Waals surface area contributed by atoms with Crippen LogP contribution >= 0.6 is 0 Å². The number of carbonyl (C=O) groups is 2. The van der Waals surface area contributed by atoms with E-state index in [1.54, 1.807) is 38.5 Å². The van der Waals surface area contributed by atoms with Crippen LogP contribution in [0.4, 0.5) is 5.69 Å². The van der Waals surface area contributed by atoms with Gasteiger partial charge in [0.05, 0.1) is 25.7 Å². The molecule has 172 valence electrons. The Bertz CT molecular complexity index is 882. The number of ether oxygens (including phenoxy) is 3. The Kier molecular flexibility index (Phi) is 8.50. The minimum atomic E-state index is -0.467. The first kappa shape index (κ1) is 23.6. The predicted octanol–water partition coefficient (Wildman–Crippen LogP) is 4.05. The number of carbonyl (C=O) groups excluding carboxylic acids is 2. The molecule has 0 spiro atoms.